The second-order valence-electron chi connectivity index (χ2n) is 6.54. The minimum absolute atomic E-state index is 0.179. The molecule has 0 amide bonds. The van der Waals surface area contributed by atoms with Crippen molar-refractivity contribution < 1.29 is 0 Å². The van der Waals surface area contributed by atoms with Gasteiger partial charge in [-0.15, -0.1) is 11.3 Å². The van der Waals surface area contributed by atoms with Crippen LogP contribution < -0.4 is 11.3 Å². The number of benzene rings is 2. The van der Waals surface area contributed by atoms with Crippen LogP contribution in [0.2, 0.25) is 0 Å². The predicted molar refractivity (Wildman–Crippen MR) is 109 cm³/mol. The van der Waals surface area contributed by atoms with Crippen molar-refractivity contribution >= 4 is 27.1 Å². The molecule has 0 aliphatic heterocycles. The van der Waals surface area contributed by atoms with Crippen LogP contribution in [0.3, 0.4) is 0 Å². The van der Waals surface area contributed by atoms with Gasteiger partial charge in [0.25, 0.3) is 5.56 Å². The Morgan fingerprint density at radius 3 is 2.08 bits per heavy atom. The number of thiophene rings is 1. The smallest absolute Gasteiger partial charge is 0.282 e. The molecule has 4 rings (SSSR count). The highest BCUT2D eigenvalue weighted by molar-refractivity contribution is 7.17. The SMILES string of the molecule is Cc1ccc(-c2nn(-c3ccc(C)cc3)c(=O)c3c(N)sc(C)c23)cc1. The molecule has 0 spiro atoms. The molecule has 0 aliphatic carbocycles. The van der Waals surface area contributed by atoms with E-state index in [1.165, 1.54) is 21.6 Å². The lowest BCUT2D eigenvalue weighted by Crippen LogP contribution is -2.22. The first-order valence-corrected chi connectivity index (χ1v) is 9.23. The maximum Gasteiger partial charge on any atom is 0.282 e. The van der Waals surface area contributed by atoms with Crippen LogP contribution in [0.4, 0.5) is 5.00 Å². The van der Waals surface area contributed by atoms with Gasteiger partial charge in [-0.2, -0.15) is 9.78 Å². The molecule has 130 valence electrons. The Kier molecular flexibility index (Phi) is 3.89. The van der Waals surface area contributed by atoms with Crippen LogP contribution in [-0.4, -0.2) is 9.78 Å². The van der Waals surface area contributed by atoms with E-state index in [1.807, 2.05) is 57.2 Å². The van der Waals surface area contributed by atoms with E-state index in [4.69, 9.17) is 10.8 Å². The second-order valence-corrected chi connectivity index (χ2v) is 7.80. The predicted octanol–water partition coefficient (Wildman–Crippen LogP) is 4.62. The van der Waals surface area contributed by atoms with E-state index in [0.29, 0.717) is 10.4 Å². The van der Waals surface area contributed by atoms with Crippen LogP contribution in [-0.2, 0) is 0 Å². The summed E-state index contributed by atoms with van der Waals surface area (Å²) in [7, 11) is 0. The number of nitrogen functional groups attached to an aromatic ring is 1. The van der Waals surface area contributed by atoms with Gasteiger partial charge in [0.15, 0.2) is 0 Å². The van der Waals surface area contributed by atoms with E-state index in [9.17, 15) is 4.79 Å². The van der Waals surface area contributed by atoms with Gasteiger partial charge < -0.3 is 5.73 Å². The second kappa shape index (κ2) is 6.11. The number of nitrogens with zero attached hydrogens (tertiary/aromatic N) is 2. The van der Waals surface area contributed by atoms with Crippen molar-refractivity contribution in [2.45, 2.75) is 20.8 Å². The van der Waals surface area contributed by atoms with Crippen molar-refractivity contribution in [1.29, 1.82) is 0 Å². The molecule has 0 saturated heterocycles. The van der Waals surface area contributed by atoms with Gasteiger partial charge in [0, 0.05) is 15.8 Å². The number of hydrogen-bond donors (Lipinski definition) is 1. The van der Waals surface area contributed by atoms with E-state index in [2.05, 4.69) is 12.1 Å². The summed E-state index contributed by atoms with van der Waals surface area (Å²) in [5.41, 5.74) is 10.8. The van der Waals surface area contributed by atoms with Crippen LogP contribution in [0.5, 0.6) is 0 Å². The van der Waals surface area contributed by atoms with E-state index < -0.39 is 0 Å². The highest BCUT2D eigenvalue weighted by atomic mass is 32.1. The lowest BCUT2D eigenvalue weighted by molar-refractivity contribution is 0.826. The van der Waals surface area contributed by atoms with E-state index in [1.54, 1.807) is 0 Å². The van der Waals surface area contributed by atoms with Crippen molar-refractivity contribution in [2.75, 3.05) is 5.73 Å². The normalized spacial score (nSPS) is 11.2. The number of nitrogens with two attached hydrogens (primary N) is 1. The summed E-state index contributed by atoms with van der Waals surface area (Å²) in [5.74, 6) is 0. The van der Waals surface area contributed by atoms with Crippen molar-refractivity contribution in [3.8, 4) is 16.9 Å². The van der Waals surface area contributed by atoms with E-state index in [0.717, 1.165) is 32.8 Å². The molecular formula is C21H19N3OS. The molecular weight excluding hydrogens is 342 g/mol. The van der Waals surface area contributed by atoms with Gasteiger partial charge in [-0.1, -0.05) is 47.5 Å². The van der Waals surface area contributed by atoms with Crippen LogP contribution in [0.15, 0.2) is 53.3 Å². The molecule has 2 aromatic heterocycles. The summed E-state index contributed by atoms with van der Waals surface area (Å²) in [4.78, 5) is 14.1. The molecule has 2 heterocycles. The quantitative estimate of drug-likeness (QED) is 0.567. The molecule has 0 bridgehead atoms. The lowest BCUT2D eigenvalue weighted by Gasteiger charge is -2.11. The summed E-state index contributed by atoms with van der Waals surface area (Å²) in [6, 6.07) is 15.9. The third-order valence-electron chi connectivity index (χ3n) is 4.56. The van der Waals surface area contributed by atoms with Crippen molar-refractivity contribution in [2.24, 2.45) is 0 Å². The first-order valence-electron chi connectivity index (χ1n) is 8.41. The Morgan fingerprint density at radius 1 is 0.885 bits per heavy atom. The molecule has 0 unspecified atom stereocenters. The monoisotopic (exact) mass is 361 g/mol. The zero-order valence-electron chi connectivity index (χ0n) is 14.9. The molecule has 0 saturated carbocycles. The van der Waals surface area contributed by atoms with Crippen molar-refractivity contribution in [3.05, 3.63) is 74.9 Å². The fourth-order valence-electron chi connectivity index (χ4n) is 3.14. The van der Waals surface area contributed by atoms with Crippen LogP contribution in [0.1, 0.15) is 16.0 Å². The Balaban J connectivity index is 2.10. The van der Waals surface area contributed by atoms with Gasteiger partial charge in [0.05, 0.1) is 16.1 Å². The summed E-state index contributed by atoms with van der Waals surface area (Å²) in [5, 5.41) is 6.68. The standard InChI is InChI=1S/C21H19N3OS/c1-12-4-8-15(9-5-12)19-17-14(3)26-20(22)18(17)21(25)24(23-19)16-10-6-13(2)7-11-16/h4-11H,22H2,1-3H3. The molecule has 0 radical (unpaired) electrons. The average molecular weight is 361 g/mol. The van der Waals surface area contributed by atoms with Crippen LogP contribution in [0.25, 0.3) is 27.7 Å². The van der Waals surface area contributed by atoms with Gasteiger partial charge >= 0.3 is 0 Å². The molecule has 2 aromatic carbocycles. The molecule has 2 N–H and O–H groups in total. The minimum Gasteiger partial charge on any atom is -0.390 e. The largest absolute Gasteiger partial charge is 0.390 e. The van der Waals surface area contributed by atoms with Crippen LogP contribution in [0, 0.1) is 20.8 Å². The maximum atomic E-state index is 13.1. The van der Waals surface area contributed by atoms with Gasteiger partial charge in [-0.25, -0.2) is 0 Å². The summed E-state index contributed by atoms with van der Waals surface area (Å²) < 4.78 is 1.46. The Labute approximate surface area is 155 Å². The first kappa shape index (κ1) is 16.5. The molecule has 0 fully saturated rings. The zero-order chi connectivity index (χ0) is 18.4. The lowest BCUT2D eigenvalue weighted by atomic mass is 10.0. The Hall–Kier alpha value is -2.92. The molecule has 5 heteroatoms. The number of aryl methyl sites for hydroxylation is 3. The van der Waals surface area contributed by atoms with Gasteiger partial charge in [-0.05, 0) is 32.9 Å². The number of fused-ring (bicyclic) bond motifs is 1. The topological polar surface area (TPSA) is 60.9 Å². The van der Waals surface area contributed by atoms with Crippen LogP contribution >= 0.6 is 11.3 Å². The fraction of sp³-hybridized carbons (Fsp3) is 0.143. The van der Waals surface area contributed by atoms with E-state index >= 15 is 0 Å². The number of anilines is 1. The Bertz CT molecular complexity index is 1170. The number of hydrogen-bond acceptors (Lipinski definition) is 4. The maximum absolute atomic E-state index is 13.1. The zero-order valence-corrected chi connectivity index (χ0v) is 15.7. The first-order chi connectivity index (χ1) is 12.5. The third kappa shape index (κ3) is 2.61. The van der Waals surface area contributed by atoms with Gasteiger partial charge in [0.2, 0.25) is 0 Å². The summed E-state index contributed by atoms with van der Waals surface area (Å²) in [6.45, 7) is 6.05. The minimum atomic E-state index is -0.179. The van der Waals surface area contributed by atoms with Crippen molar-refractivity contribution in [3.63, 3.8) is 0 Å². The average Bonchev–Trinajstić information content (AvgIpc) is 2.92. The molecule has 26 heavy (non-hydrogen) atoms. The fourth-order valence-corrected chi connectivity index (χ4v) is 4.06. The summed E-state index contributed by atoms with van der Waals surface area (Å²) >= 11 is 1.44. The molecule has 0 atom stereocenters. The highest BCUT2D eigenvalue weighted by Crippen LogP contribution is 2.36. The molecule has 0 aliphatic rings. The van der Waals surface area contributed by atoms with Gasteiger partial charge in [0.1, 0.15) is 5.69 Å². The molecule has 4 nitrogen and oxygen atoms in total. The number of rotatable bonds is 2. The Morgan fingerprint density at radius 2 is 1.46 bits per heavy atom. The van der Waals surface area contributed by atoms with Crippen molar-refractivity contribution in [1.82, 2.24) is 9.78 Å². The van der Waals surface area contributed by atoms with Gasteiger partial charge in [-0.3, -0.25) is 4.79 Å². The van der Waals surface area contributed by atoms with E-state index in [-0.39, 0.29) is 5.56 Å². The summed E-state index contributed by atoms with van der Waals surface area (Å²) in [6.07, 6.45) is 0. The molecule has 4 aromatic rings. The number of aromatic nitrogens is 2. The highest BCUT2D eigenvalue weighted by Gasteiger charge is 2.19. The third-order valence-corrected chi connectivity index (χ3v) is 5.49.